The van der Waals surface area contributed by atoms with Gasteiger partial charge in [0.15, 0.2) is 0 Å². The molecule has 0 amide bonds. The highest BCUT2D eigenvalue weighted by molar-refractivity contribution is 4.91. The summed E-state index contributed by atoms with van der Waals surface area (Å²) in [5.74, 6) is 1.94. The predicted molar refractivity (Wildman–Crippen MR) is 33.4 cm³/mol. The molecule has 0 spiro atoms. The molecule has 2 rings (SSSR count). The molecule has 0 saturated heterocycles. The zero-order valence-corrected chi connectivity index (χ0v) is 5.14. The molecule has 1 heteroatoms. The molecule has 2 N–H and O–H groups in total. The zero-order chi connectivity index (χ0) is 5.56. The normalized spacial score (nSPS) is 52.9. The molecule has 0 heterocycles. The zero-order valence-electron chi connectivity index (χ0n) is 5.14. The van der Waals surface area contributed by atoms with Crippen LogP contribution in [0, 0.1) is 11.8 Å². The lowest BCUT2D eigenvalue weighted by Gasteiger charge is -2.15. The Bertz CT molecular complexity index is 98.6. The molecule has 3 atom stereocenters. The average molecular weight is 111 g/mol. The van der Waals surface area contributed by atoms with Crippen molar-refractivity contribution in [1.82, 2.24) is 0 Å². The van der Waals surface area contributed by atoms with Crippen molar-refractivity contribution >= 4 is 0 Å². The van der Waals surface area contributed by atoms with Gasteiger partial charge in [0.1, 0.15) is 0 Å². The molecule has 0 unspecified atom stereocenters. The van der Waals surface area contributed by atoms with E-state index in [9.17, 15) is 0 Å². The van der Waals surface area contributed by atoms with E-state index in [1.54, 1.807) is 0 Å². The van der Waals surface area contributed by atoms with Crippen LogP contribution in [0.15, 0.2) is 0 Å². The lowest BCUT2D eigenvalue weighted by atomic mass is 9.96. The second-order valence-electron chi connectivity index (χ2n) is 3.34. The van der Waals surface area contributed by atoms with E-state index in [2.05, 4.69) is 0 Å². The third-order valence-electron chi connectivity index (χ3n) is 2.79. The lowest BCUT2D eigenvalue weighted by molar-refractivity contribution is 0.418. The SMILES string of the molecule is N[C@@H]1C[C@@H]2CC[C@H]1C2. The van der Waals surface area contributed by atoms with E-state index < -0.39 is 0 Å². The Kier molecular flexibility index (Phi) is 0.884. The van der Waals surface area contributed by atoms with Crippen LogP contribution in [0.4, 0.5) is 0 Å². The fourth-order valence-corrected chi connectivity index (χ4v) is 2.29. The van der Waals surface area contributed by atoms with Crippen LogP contribution in [0.3, 0.4) is 0 Å². The van der Waals surface area contributed by atoms with Crippen LogP contribution in [0.25, 0.3) is 0 Å². The first kappa shape index (κ1) is 4.80. The summed E-state index contributed by atoms with van der Waals surface area (Å²) < 4.78 is 0. The molecule has 2 bridgehead atoms. The Morgan fingerprint density at radius 3 is 2.25 bits per heavy atom. The summed E-state index contributed by atoms with van der Waals surface area (Å²) in [5, 5.41) is 0. The summed E-state index contributed by atoms with van der Waals surface area (Å²) >= 11 is 0. The highest BCUT2D eigenvalue weighted by atomic mass is 14.7. The molecule has 0 aromatic heterocycles. The van der Waals surface area contributed by atoms with Crippen molar-refractivity contribution in [2.45, 2.75) is 31.7 Å². The van der Waals surface area contributed by atoms with E-state index in [1.165, 1.54) is 25.7 Å². The molecule has 46 valence electrons. The number of rotatable bonds is 0. The predicted octanol–water partition coefficient (Wildman–Crippen LogP) is 1.13. The Hall–Kier alpha value is -0.0400. The summed E-state index contributed by atoms with van der Waals surface area (Å²) in [6.45, 7) is 0. The molecule has 2 aliphatic rings. The van der Waals surface area contributed by atoms with Crippen LogP contribution in [0.2, 0.25) is 0 Å². The van der Waals surface area contributed by atoms with Gasteiger partial charge in [0.25, 0.3) is 0 Å². The quantitative estimate of drug-likeness (QED) is 0.498. The molecule has 2 saturated carbocycles. The van der Waals surface area contributed by atoms with Crippen LogP contribution < -0.4 is 5.73 Å². The Morgan fingerprint density at radius 1 is 1.12 bits per heavy atom. The van der Waals surface area contributed by atoms with Crippen molar-refractivity contribution in [2.24, 2.45) is 17.6 Å². The monoisotopic (exact) mass is 111 g/mol. The maximum atomic E-state index is 5.82. The number of nitrogens with two attached hydrogens (primary N) is 1. The molecule has 2 aliphatic carbocycles. The van der Waals surface area contributed by atoms with Crippen molar-refractivity contribution in [3.63, 3.8) is 0 Å². The second-order valence-corrected chi connectivity index (χ2v) is 3.34. The van der Waals surface area contributed by atoms with Gasteiger partial charge in [-0.3, -0.25) is 0 Å². The highest BCUT2D eigenvalue weighted by Crippen LogP contribution is 2.43. The second kappa shape index (κ2) is 1.47. The Balaban J connectivity index is 2.11. The Morgan fingerprint density at radius 2 is 2.00 bits per heavy atom. The molecule has 1 nitrogen and oxygen atoms in total. The van der Waals surface area contributed by atoms with E-state index in [0.29, 0.717) is 6.04 Å². The fourth-order valence-electron chi connectivity index (χ4n) is 2.29. The first-order valence-corrected chi connectivity index (χ1v) is 3.62. The van der Waals surface area contributed by atoms with E-state index >= 15 is 0 Å². The third-order valence-corrected chi connectivity index (χ3v) is 2.79. The van der Waals surface area contributed by atoms with E-state index in [1.807, 2.05) is 0 Å². The van der Waals surface area contributed by atoms with E-state index in [-0.39, 0.29) is 0 Å². The minimum atomic E-state index is 0.578. The van der Waals surface area contributed by atoms with Gasteiger partial charge in [-0.25, -0.2) is 0 Å². The average Bonchev–Trinajstić information content (AvgIpc) is 2.23. The van der Waals surface area contributed by atoms with Gasteiger partial charge in [-0.2, -0.15) is 0 Å². The summed E-state index contributed by atoms with van der Waals surface area (Å²) in [4.78, 5) is 0. The van der Waals surface area contributed by atoms with Crippen molar-refractivity contribution in [1.29, 1.82) is 0 Å². The van der Waals surface area contributed by atoms with Gasteiger partial charge in [0.05, 0.1) is 0 Å². The summed E-state index contributed by atoms with van der Waals surface area (Å²) in [6.07, 6.45) is 5.66. The first-order valence-electron chi connectivity index (χ1n) is 3.62. The van der Waals surface area contributed by atoms with Gasteiger partial charge in [0, 0.05) is 6.04 Å². The van der Waals surface area contributed by atoms with Crippen molar-refractivity contribution in [3.8, 4) is 0 Å². The van der Waals surface area contributed by atoms with Crippen molar-refractivity contribution in [2.75, 3.05) is 0 Å². The van der Waals surface area contributed by atoms with Gasteiger partial charge >= 0.3 is 0 Å². The maximum Gasteiger partial charge on any atom is 0.00699 e. The van der Waals surface area contributed by atoms with E-state index in [4.69, 9.17) is 5.73 Å². The van der Waals surface area contributed by atoms with Gasteiger partial charge in [-0.1, -0.05) is 6.42 Å². The molecular formula is C7H13N. The molecule has 0 aromatic rings. The minimum Gasteiger partial charge on any atom is -0.327 e. The number of fused-ring (bicyclic) bond motifs is 2. The topological polar surface area (TPSA) is 26.0 Å². The minimum absolute atomic E-state index is 0.578. The van der Waals surface area contributed by atoms with Gasteiger partial charge < -0.3 is 5.73 Å². The van der Waals surface area contributed by atoms with Crippen LogP contribution in [0.1, 0.15) is 25.7 Å². The molecule has 0 aromatic carbocycles. The van der Waals surface area contributed by atoms with Crippen LogP contribution in [0.5, 0.6) is 0 Å². The smallest absolute Gasteiger partial charge is 0.00699 e. The maximum absolute atomic E-state index is 5.82. The van der Waals surface area contributed by atoms with Crippen LogP contribution in [-0.4, -0.2) is 6.04 Å². The first-order chi connectivity index (χ1) is 3.86. The van der Waals surface area contributed by atoms with Crippen molar-refractivity contribution in [3.05, 3.63) is 0 Å². The molecular weight excluding hydrogens is 98.1 g/mol. The molecule has 0 radical (unpaired) electrons. The van der Waals surface area contributed by atoms with Crippen LogP contribution in [-0.2, 0) is 0 Å². The third kappa shape index (κ3) is 0.510. The van der Waals surface area contributed by atoms with Gasteiger partial charge in [-0.05, 0) is 31.1 Å². The number of hydrogen-bond acceptors (Lipinski definition) is 1. The summed E-state index contributed by atoms with van der Waals surface area (Å²) in [5.41, 5.74) is 5.82. The standard InChI is InChI=1S/C7H13N/c8-7-4-5-1-2-6(7)3-5/h5-7H,1-4,8H2/t5-,6+,7-/m1/s1. The molecule has 2 fully saturated rings. The van der Waals surface area contributed by atoms with Crippen LogP contribution >= 0.6 is 0 Å². The summed E-state index contributed by atoms with van der Waals surface area (Å²) in [6, 6.07) is 0.578. The molecule has 0 aliphatic heterocycles. The fraction of sp³-hybridized carbons (Fsp3) is 1.00. The van der Waals surface area contributed by atoms with E-state index in [0.717, 1.165) is 11.8 Å². The highest BCUT2D eigenvalue weighted by Gasteiger charge is 2.36. The summed E-state index contributed by atoms with van der Waals surface area (Å²) in [7, 11) is 0. The largest absolute Gasteiger partial charge is 0.327 e. The van der Waals surface area contributed by atoms with Gasteiger partial charge in [0.2, 0.25) is 0 Å². The Labute approximate surface area is 50.3 Å². The van der Waals surface area contributed by atoms with Gasteiger partial charge in [-0.15, -0.1) is 0 Å². The van der Waals surface area contributed by atoms with Crippen molar-refractivity contribution < 1.29 is 0 Å². The number of hydrogen-bond donors (Lipinski definition) is 1. The molecule has 8 heavy (non-hydrogen) atoms. The lowest BCUT2D eigenvalue weighted by Crippen LogP contribution is -2.26.